The molecule has 3 aromatic rings. The molecule has 0 radical (unpaired) electrons. The molecule has 0 amide bonds. The second kappa shape index (κ2) is 7.07. The van der Waals surface area contributed by atoms with Gasteiger partial charge in [-0.3, -0.25) is 0 Å². The molecule has 3 aromatic carbocycles. The third-order valence-corrected chi connectivity index (χ3v) is 16.8. The molecule has 1 aliphatic rings. The van der Waals surface area contributed by atoms with Crippen LogP contribution >= 0.6 is 0 Å². The van der Waals surface area contributed by atoms with Gasteiger partial charge in [0.25, 0.3) is 0 Å². The van der Waals surface area contributed by atoms with Crippen LogP contribution in [0.4, 0.5) is 0 Å². The Balaban J connectivity index is 1.79. The number of hydrogen-bond acceptors (Lipinski definition) is 3. The summed E-state index contributed by atoms with van der Waals surface area (Å²) in [6.45, 7) is 4.31. The van der Waals surface area contributed by atoms with Crippen molar-refractivity contribution in [2.75, 3.05) is 0 Å². The fourth-order valence-electron chi connectivity index (χ4n) is 3.33. The molecule has 1 heterocycles. The summed E-state index contributed by atoms with van der Waals surface area (Å²) >= 11 is 0. The maximum Gasteiger partial charge on any atom is 0.351 e. The largest absolute Gasteiger partial charge is 0.411 e. The maximum absolute atomic E-state index is 6.75. The number of rotatable bonds is 3. The zero-order valence-electron chi connectivity index (χ0n) is 15.0. The zero-order chi connectivity index (χ0) is 18.0. The molecule has 132 valence electrons. The van der Waals surface area contributed by atoms with Crippen LogP contribution in [0.2, 0.25) is 13.1 Å². The average Bonchev–Trinajstić information content (AvgIpc) is 2.69. The van der Waals surface area contributed by atoms with Gasteiger partial charge >= 0.3 is 26.4 Å². The van der Waals surface area contributed by atoms with E-state index in [4.69, 9.17) is 12.3 Å². The first-order chi connectivity index (χ1) is 12.6. The Morgan fingerprint density at radius 2 is 0.962 bits per heavy atom. The van der Waals surface area contributed by atoms with Crippen molar-refractivity contribution >= 4 is 42.0 Å². The minimum atomic E-state index is -2.58. The first-order valence-electron chi connectivity index (χ1n) is 8.81. The molecule has 1 aliphatic heterocycles. The third kappa shape index (κ3) is 3.39. The van der Waals surface area contributed by atoms with Crippen LogP contribution in [0.3, 0.4) is 0 Å². The van der Waals surface area contributed by atoms with Gasteiger partial charge in [-0.1, -0.05) is 91.0 Å². The number of hydrogen-bond donors (Lipinski definition) is 0. The molecule has 0 N–H and O–H groups in total. The molecule has 0 spiro atoms. The lowest BCUT2D eigenvalue weighted by Crippen LogP contribution is -2.73. The molecule has 1 saturated heterocycles. The van der Waals surface area contributed by atoms with Crippen LogP contribution in [-0.2, 0) is 12.3 Å². The van der Waals surface area contributed by atoms with Crippen molar-refractivity contribution < 1.29 is 12.3 Å². The second-order valence-electron chi connectivity index (χ2n) is 6.70. The van der Waals surface area contributed by atoms with Gasteiger partial charge in [0.05, 0.1) is 0 Å². The fourth-order valence-corrected chi connectivity index (χ4v) is 16.7. The minimum Gasteiger partial charge on any atom is -0.411 e. The Bertz CT molecular complexity index is 810. The summed E-state index contributed by atoms with van der Waals surface area (Å²) in [7, 11) is -7.23. The lowest BCUT2D eigenvalue weighted by molar-refractivity contribution is 0.270. The van der Waals surface area contributed by atoms with Crippen LogP contribution in [0.1, 0.15) is 0 Å². The Morgan fingerprint density at radius 1 is 0.577 bits per heavy atom. The zero-order valence-corrected chi connectivity index (χ0v) is 18.1. The van der Waals surface area contributed by atoms with E-state index in [1.165, 1.54) is 5.19 Å². The highest BCUT2D eigenvalue weighted by atomic mass is 28.5. The van der Waals surface area contributed by atoms with E-state index in [1.54, 1.807) is 0 Å². The summed E-state index contributed by atoms with van der Waals surface area (Å²) in [5.74, 6) is 0. The van der Waals surface area contributed by atoms with E-state index < -0.39 is 26.4 Å². The molecule has 1 fully saturated rings. The van der Waals surface area contributed by atoms with Crippen molar-refractivity contribution in [1.29, 1.82) is 0 Å². The first kappa shape index (κ1) is 17.6. The van der Waals surface area contributed by atoms with Crippen molar-refractivity contribution in [3.05, 3.63) is 91.0 Å². The molecule has 6 heteroatoms. The van der Waals surface area contributed by atoms with Crippen molar-refractivity contribution in [3.63, 3.8) is 0 Å². The SMILES string of the molecule is C[Si]1(c2ccccc2)O[SiH](c2ccccc2)O[Si](C)(c2ccccc2)O1. The van der Waals surface area contributed by atoms with E-state index in [-0.39, 0.29) is 0 Å². The van der Waals surface area contributed by atoms with Gasteiger partial charge in [0.2, 0.25) is 0 Å². The quantitative estimate of drug-likeness (QED) is 0.637. The van der Waals surface area contributed by atoms with E-state index in [0.29, 0.717) is 0 Å². The highest BCUT2D eigenvalue weighted by Gasteiger charge is 2.53. The molecule has 4 rings (SSSR count). The number of benzene rings is 3. The van der Waals surface area contributed by atoms with Crippen LogP contribution in [0, 0.1) is 0 Å². The van der Waals surface area contributed by atoms with Crippen LogP contribution in [0.15, 0.2) is 91.0 Å². The molecule has 26 heavy (non-hydrogen) atoms. The van der Waals surface area contributed by atoms with Crippen LogP contribution in [0.5, 0.6) is 0 Å². The van der Waals surface area contributed by atoms with E-state index >= 15 is 0 Å². The molecule has 2 atom stereocenters. The minimum absolute atomic E-state index is 1.16. The summed E-state index contributed by atoms with van der Waals surface area (Å²) in [6, 6.07) is 31.1. The second-order valence-corrected chi connectivity index (χ2v) is 15.7. The monoisotopic (exact) mass is 394 g/mol. The maximum atomic E-state index is 6.75. The highest BCUT2D eigenvalue weighted by molar-refractivity contribution is 7.00. The lowest BCUT2D eigenvalue weighted by Gasteiger charge is -2.46. The van der Waals surface area contributed by atoms with E-state index in [9.17, 15) is 0 Å². The van der Waals surface area contributed by atoms with Gasteiger partial charge in [0, 0.05) is 0 Å². The summed E-state index contributed by atoms with van der Waals surface area (Å²) in [4.78, 5) is 0. The molecule has 0 bridgehead atoms. The van der Waals surface area contributed by atoms with Gasteiger partial charge in [-0.25, -0.2) is 0 Å². The van der Waals surface area contributed by atoms with Gasteiger partial charge in [-0.05, 0) is 28.7 Å². The summed E-state index contributed by atoms with van der Waals surface area (Å²) < 4.78 is 20.0. The van der Waals surface area contributed by atoms with Crippen molar-refractivity contribution in [1.82, 2.24) is 0 Å². The topological polar surface area (TPSA) is 27.7 Å². The smallest absolute Gasteiger partial charge is 0.351 e. The molecular formula is C20H22O3Si3. The van der Waals surface area contributed by atoms with Gasteiger partial charge in [-0.15, -0.1) is 0 Å². The summed E-state index contributed by atoms with van der Waals surface area (Å²) in [5.41, 5.74) is 0. The predicted molar refractivity (Wildman–Crippen MR) is 112 cm³/mol. The van der Waals surface area contributed by atoms with Gasteiger partial charge in [-0.2, -0.15) is 0 Å². The predicted octanol–water partition coefficient (Wildman–Crippen LogP) is 2.14. The fraction of sp³-hybridized carbons (Fsp3) is 0.100. The van der Waals surface area contributed by atoms with E-state index in [1.807, 2.05) is 30.3 Å². The summed E-state index contributed by atoms with van der Waals surface area (Å²) in [5, 5.41) is 3.48. The summed E-state index contributed by atoms with van der Waals surface area (Å²) in [6.07, 6.45) is 0. The Hall–Kier alpha value is -1.81. The van der Waals surface area contributed by atoms with Crippen molar-refractivity contribution in [2.45, 2.75) is 13.1 Å². The van der Waals surface area contributed by atoms with E-state index in [0.717, 1.165) is 10.4 Å². The highest BCUT2D eigenvalue weighted by Crippen LogP contribution is 2.25. The van der Waals surface area contributed by atoms with Gasteiger partial charge in [0.15, 0.2) is 0 Å². The van der Waals surface area contributed by atoms with Gasteiger partial charge < -0.3 is 12.3 Å². The van der Waals surface area contributed by atoms with E-state index in [2.05, 4.69) is 73.8 Å². The molecule has 0 aromatic heterocycles. The van der Waals surface area contributed by atoms with Crippen molar-refractivity contribution in [3.8, 4) is 0 Å². The molecule has 2 unspecified atom stereocenters. The molecule has 0 saturated carbocycles. The molecular weight excluding hydrogens is 372 g/mol. The van der Waals surface area contributed by atoms with Crippen molar-refractivity contribution in [2.24, 2.45) is 0 Å². The third-order valence-electron chi connectivity index (χ3n) is 4.72. The van der Waals surface area contributed by atoms with Crippen LogP contribution < -0.4 is 15.6 Å². The first-order valence-corrected chi connectivity index (χ1v) is 15.0. The Kier molecular flexibility index (Phi) is 4.78. The standard InChI is InChI=1S/C20H22O3Si3/c1-25(19-14-8-4-9-15-19)21-24(18-12-6-3-7-13-18)22-26(2,23-25)20-16-10-5-11-17-20/h3-17,24H,1-2H3. The normalized spacial score (nSPS) is 28.6. The lowest BCUT2D eigenvalue weighted by atomic mass is 10.4. The Labute approximate surface area is 158 Å². The average molecular weight is 395 g/mol. The Morgan fingerprint density at radius 3 is 1.38 bits per heavy atom. The van der Waals surface area contributed by atoms with Crippen LogP contribution in [-0.4, -0.2) is 26.4 Å². The molecule has 3 nitrogen and oxygen atoms in total. The molecule has 0 aliphatic carbocycles. The van der Waals surface area contributed by atoms with Crippen LogP contribution in [0.25, 0.3) is 0 Å². The van der Waals surface area contributed by atoms with Gasteiger partial charge in [0.1, 0.15) is 0 Å².